The molecule has 1 aliphatic heterocycles. The fourth-order valence-corrected chi connectivity index (χ4v) is 11.4. The summed E-state index contributed by atoms with van der Waals surface area (Å²) >= 11 is 0. The molecule has 0 radical (unpaired) electrons. The first kappa shape index (κ1) is 57.7. The van der Waals surface area contributed by atoms with Gasteiger partial charge in [0.2, 0.25) is 5.69 Å². The smallest absolute Gasteiger partial charge is 0.509 e. The Labute approximate surface area is 498 Å². The third kappa shape index (κ3) is 11.0. The average molecular weight is 1270 g/mol. The molecule has 10 aromatic rings. The molecule has 0 bridgehead atoms. The molecule has 0 atom stereocenters. The largest absolute Gasteiger partial charge is 2.00 e. The first-order chi connectivity index (χ1) is 38.5. The normalized spacial score (nSPS) is 12.7. The van der Waals surface area contributed by atoms with Gasteiger partial charge in [0.25, 0.3) is 11.4 Å². The zero-order valence-electron chi connectivity index (χ0n) is 49.6. The summed E-state index contributed by atoms with van der Waals surface area (Å²) in [6.45, 7) is 31.4. The van der Waals surface area contributed by atoms with Gasteiger partial charge in [-0.05, 0) is 137 Å². The molecule has 0 unspecified atom stereocenters. The van der Waals surface area contributed by atoms with Crippen molar-refractivity contribution in [3.8, 4) is 50.7 Å². The molecule has 0 saturated heterocycles. The number of para-hydroxylation sites is 4. The zero-order chi connectivity index (χ0) is 57.4. The minimum absolute atomic E-state index is 0. The van der Waals surface area contributed by atoms with Gasteiger partial charge in [-0.15, -0.1) is 29.1 Å². The number of nitrogens with zero attached hydrogens (tertiary/aromatic N) is 4. The summed E-state index contributed by atoms with van der Waals surface area (Å²) in [6, 6.07) is 62.0. The average Bonchev–Trinajstić information content (AvgIpc) is 4.13. The van der Waals surface area contributed by atoms with E-state index >= 15 is 8.78 Å². The van der Waals surface area contributed by atoms with Crippen LogP contribution >= 0.6 is 0 Å². The van der Waals surface area contributed by atoms with E-state index in [0.717, 1.165) is 73.0 Å². The number of pyridine rings is 1. The van der Waals surface area contributed by atoms with Gasteiger partial charge in [0.15, 0.2) is 0 Å². The molecule has 0 amide bonds. The number of halogens is 2. The Hall–Kier alpha value is -7.56. The molecule has 82 heavy (non-hydrogen) atoms. The molecule has 416 valence electrons. The van der Waals surface area contributed by atoms with E-state index in [4.69, 9.17) is 9.72 Å². The number of benzene rings is 8. The molecule has 0 saturated carbocycles. The monoisotopic (exact) mass is 1270 g/mol. The Kier molecular flexibility index (Phi) is 15.7. The fraction of sp³-hybridized carbons (Fsp3) is 0.270. The van der Waals surface area contributed by atoms with Crippen LogP contribution in [0.2, 0.25) is 0 Å². The van der Waals surface area contributed by atoms with Gasteiger partial charge in [-0.3, -0.25) is 0 Å². The van der Waals surface area contributed by atoms with Crippen molar-refractivity contribution in [2.75, 3.05) is 0 Å². The molecule has 0 N–H and O–H groups in total. The summed E-state index contributed by atoms with van der Waals surface area (Å²) in [4.78, 5) is 4.94. The van der Waals surface area contributed by atoms with Crippen molar-refractivity contribution < 1.29 is 34.6 Å². The SMILES string of the molecule is CC(C)c1cc(-c2cccc(-c3cc(F)cc(F)c3)c2[N+]2=C=[N+](c3[c-]c(Oc4[c-]c5c(cc4)c4ccccc4n5-c4cc(C(C)(C)C)ccn4)cc(-c4c(C(C)C)cc(C(C)(C)C)cc4C(C)C)c3)c3ccccc32)cc(C(C)C)c1.[Pt+2]. The number of fused-ring (bicyclic) bond motifs is 4. The van der Waals surface area contributed by atoms with Crippen LogP contribution in [0.3, 0.4) is 0 Å². The second-order valence-electron chi connectivity index (χ2n) is 25.2. The number of hydrogen-bond acceptors (Lipinski definition) is 2. The second-order valence-corrected chi connectivity index (χ2v) is 25.2. The van der Waals surface area contributed by atoms with Gasteiger partial charge in [-0.1, -0.05) is 186 Å². The summed E-state index contributed by atoms with van der Waals surface area (Å²) in [6.07, 6.45) is 1.89. The van der Waals surface area contributed by atoms with Crippen LogP contribution in [0.4, 0.5) is 31.5 Å². The summed E-state index contributed by atoms with van der Waals surface area (Å²) < 4.78 is 44.3. The van der Waals surface area contributed by atoms with Crippen LogP contribution < -0.4 is 13.9 Å². The molecular formula is C74H72F2N4OPt+2. The molecule has 0 fully saturated rings. The topological polar surface area (TPSA) is 33.1 Å². The van der Waals surface area contributed by atoms with Gasteiger partial charge in [0.05, 0.1) is 11.1 Å². The second kappa shape index (κ2) is 22.3. The van der Waals surface area contributed by atoms with Crippen LogP contribution in [-0.2, 0) is 31.9 Å². The van der Waals surface area contributed by atoms with Crippen LogP contribution in [0.15, 0.2) is 158 Å². The minimum atomic E-state index is -0.651. The zero-order valence-corrected chi connectivity index (χ0v) is 51.9. The van der Waals surface area contributed by atoms with Crippen LogP contribution in [0.1, 0.15) is 154 Å². The molecule has 0 spiro atoms. The number of hydrogen-bond donors (Lipinski definition) is 0. The molecule has 2 aromatic heterocycles. The molecule has 8 heteroatoms. The maximum atomic E-state index is 15.4. The summed E-state index contributed by atoms with van der Waals surface area (Å²) in [5, 5.41) is 2.13. The summed E-state index contributed by atoms with van der Waals surface area (Å²) in [5.74, 6) is 1.43. The van der Waals surface area contributed by atoms with E-state index in [2.05, 4.69) is 232 Å². The van der Waals surface area contributed by atoms with E-state index in [1.165, 1.54) is 45.5 Å². The quantitative estimate of drug-likeness (QED) is 0.0902. The molecule has 11 rings (SSSR count). The van der Waals surface area contributed by atoms with Crippen LogP contribution in [0.25, 0.3) is 61.0 Å². The molecule has 0 aliphatic carbocycles. The summed E-state index contributed by atoms with van der Waals surface area (Å²) in [7, 11) is 0. The van der Waals surface area contributed by atoms with E-state index in [1.807, 2.05) is 36.5 Å². The van der Waals surface area contributed by atoms with E-state index in [-0.39, 0.29) is 55.6 Å². The fourth-order valence-electron chi connectivity index (χ4n) is 11.4. The Morgan fingerprint density at radius 2 is 1.11 bits per heavy atom. The minimum Gasteiger partial charge on any atom is -0.509 e. The van der Waals surface area contributed by atoms with Gasteiger partial charge in [0, 0.05) is 41.4 Å². The maximum absolute atomic E-state index is 15.4. The van der Waals surface area contributed by atoms with Crippen molar-refractivity contribution >= 4 is 50.6 Å². The van der Waals surface area contributed by atoms with E-state index < -0.39 is 11.6 Å². The molecule has 5 nitrogen and oxygen atoms in total. The van der Waals surface area contributed by atoms with Crippen molar-refractivity contribution in [1.82, 2.24) is 18.7 Å². The van der Waals surface area contributed by atoms with E-state index in [1.54, 1.807) is 0 Å². The van der Waals surface area contributed by atoms with Gasteiger partial charge >= 0.3 is 27.1 Å². The van der Waals surface area contributed by atoms with Crippen molar-refractivity contribution in [3.05, 3.63) is 215 Å². The molecule has 8 aromatic carbocycles. The third-order valence-electron chi connectivity index (χ3n) is 15.9. The Morgan fingerprint density at radius 1 is 0.524 bits per heavy atom. The van der Waals surface area contributed by atoms with E-state index in [9.17, 15) is 0 Å². The van der Waals surface area contributed by atoms with Crippen molar-refractivity contribution in [3.63, 3.8) is 0 Å². The predicted molar refractivity (Wildman–Crippen MR) is 334 cm³/mol. The Morgan fingerprint density at radius 3 is 1.71 bits per heavy atom. The van der Waals surface area contributed by atoms with Crippen LogP contribution in [0, 0.1) is 23.8 Å². The van der Waals surface area contributed by atoms with Gasteiger partial charge in [0.1, 0.15) is 23.1 Å². The number of rotatable bonds is 12. The Balaban J connectivity index is 0.00000753. The number of ether oxygens (including phenoxy) is 1. The third-order valence-corrected chi connectivity index (χ3v) is 15.9. The molecule has 3 heterocycles. The van der Waals surface area contributed by atoms with Gasteiger partial charge in [-0.25, -0.2) is 13.8 Å². The standard InChI is InChI=1S/C74H72F2N4O.Pt/c1-44(2)48-30-49(45(3)4)32-50(31-48)60-21-19-22-61(51-33-55(75)40-56(76)34-51)72(60)79-43-78(67-24-17-18-25-68(67)79)57-35-52(71-64(46(5)6)37-54(74(12,13)14)38-65(71)47(7)8)36-59(41-57)81-58-26-27-63-62-20-15-16-23-66(62)80(69(63)42-58)70-39-53(28-29-77-70)73(9,10)11;/h15-40,44-47H,1-14H3;/q;+2. The van der Waals surface area contributed by atoms with Crippen molar-refractivity contribution in [1.29, 1.82) is 0 Å². The number of aromatic nitrogens is 2. The maximum Gasteiger partial charge on any atom is 2.00 e. The predicted octanol–water partition coefficient (Wildman–Crippen LogP) is 20.8. The first-order valence-corrected chi connectivity index (χ1v) is 28.6. The Bertz CT molecular complexity index is 4120. The van der Waals surface area contributed by atoms with Crippen LogP contribution in [-0.4, -0.2) is 15.6 Å². The van der Waals surface area contributed by atoms with Crippen molar-refractivity contribution in [2.24, 2.45) is 0 Å². The summed E-state index contributed by atoms with van der Waals surface area (Å²) in [5.41, 5.74) is 17.3. The molecule has 1 aliphatic rings. The van der Waals surface area contributed by atoms with Gasteiger partial charge in [-0.2, -0.15) is 6.07 Å². The van der Waals surface area contributed by atoms with Crippen LogP contribution in [0.5, 0.6) is 11.5 Å². The van der Waals surface area contributed by atoms with E-state index in [0.29, 0.717) is 28.3 Å². The van der Waals surface area contributed by atoms with Gasteiger partial charge < -0.3 is 9.30 Å². The van der Waals surface area contributed by atoms with Crippen molar-refractivity contribution in [2.45, 2.75) is 131 Å². The molecular weight excluding hydrogens is 1190 g/mol. The first-order valence-electron chi connectivity index (χ1n) is 28.6.